The van der Waals surface area contributed by atoms with Crippen LogP contribution in [0.4, 0.5) is 5.69 Å². The third-order valence-corrected chi connectivity index (χ3v) is 3.84. The Hall–Kier alpha value is -2.53. The Morgan fingerprint density at radius 1 is 0.958 bits per heavy atom. The van der Waals surface area contributed by atoms with Gasteiger partial charge in [-0.15, -0.1) is 0 Å². The maximum Gasteiger partial charge on any atom is 0.241 e. The van der Waals surface area contributed by atoms with Gasteiger partial charge in [-0.1, -0.05) is 30.3 Å². The Morgan fingerprint density at radius 3 is 2.25 bits per heavy atom. The third-order valence-electron chi connectivity index (χ3n) is 3.84. The lowest BCUT2D eigenvalue weighted by atomic mass is 10.1. The molecule has 0 bridgehead atoms. The van der Waals surface area contributed by atoms with Crippen LogP contribution in [0.5, 0.6) is 11.5 Å². The molecule has 0 unspecified atom stereocenters. The van der Waals surface area contributed by atoms with Gasteiger partial charge in [-0.25, -0.2) is 0 Å². The molecule has 0 saturated heterocycles. The number of amides is 1. The van der Waals surface area contributed by atoms with Gasteiger partial charge in [0.25, 0.3) is 0 Å². The third kappa shape index (κ3) is 4.49. The molecule has 0 aliphatic carbocycles. The number of nitrogens with one attached hydrogen (secondary N) is 2. The number of rotatable bonds is 7. The van der Waals surface area contributed by atoms with E-state index in [2.05, 4.69) is 10.6 Å². The summed E-state index contributed by atoms with van der Waals surface area (Å²) in [7, 11) is 3.14. The second-order valence-corrected chi connectivity index (χ2v) is 5.58. The minimum Gasteiger partial charge on any atom is -0.493 e. The Labute approximate surface area is 143 Å². The first-order valence-corrected chi connectivity index (χ1v) is 7.89. The number of benzene rings is 2. The first kappa shape index (κ1) is 17.8. The van der Waals surface area contributed by atoms with Crippen LogP contribution in [-0.2, 0) is 4.79 Å². The zero-order valence-electron chi connectivity index (χ0n) is 14.5. The molecule has 0 spiro atoms. The molecule has 0 fully saturated rings. The molecule has 0 aliphatic rings. The summed E-state index contributed by atoms with van der Waals surface area (Å²) in [6.45, 7) is 3.88. The average molecular weight is 328 g/mol. The standard InChI is InChI=1S/C19H24N2O3/c1-13(15-8-6-5-7-9-15)20-14(2)19(22)21-16-10-11-17(23-3)18(12-16)24-4/h5-14,20H,1-4H3,(H,21,22)/t13-,14-/m1/s1. The summed E-state index contributed by atoms with van der Waals surface area (Å²) in [5, 5.41) is 6.19. The predicted octanol–water partition coefficient (Wildman–Crippen LogP) is 3.38. The molecular weight excluding hydrogens is 304 g/mol. The second kappa shape index (κ2) is 8.36. The zero-order valence-corrected chi connectivity index (χ0v) is 14.5. The van der Waals surface area contributed by atoms with Crippen LogP contribution in [0.2, 0.25) is 0 Å². The van der Waals surface area contributed by atoms with Crippen molar-refractivity contribution in [3.05, 3.63) is 54.1 Å². The quantitative estimate of drug-likeness (QED) is 0.818. The van der Waals surface area contributed by atoms with Crippen molar-refractivity contribution < 1.29 is 14.3 Å². The lowest BCUT2D eigenvalue weighted by molar-refractivity contribution is -0.117. The minimum absolute atomic E-state index is 0.0809. The highest BCUT2D eigenvalue weighted by Crippen LogP contribution is 2.29. The van der Waals surface area contributed by atoms with Gasteiger partial charge in [0.1, 0.15) is 0 Å². The van der Waals surface area contributed by atoms with Gasteiger partial charge in [0.05, 0.1) is 20.3 Å². The summed E-state index contributed by atoms with van der Waals surface area (Å²) in [5.41, 5.74) is 1.81. The number of carbonyl (C=O) groups excluding carboxylic acids is 1. The van der Waals surface area contributed by atoms with Gasteiger partial charge < -0.3 is 14.8 Å². The topological polar surface area (TPSA) is 59.6 Å². The summed E-state index contributed by atoms with van der Waals surface area (Å²) < 4.78 is 10.4. The summed E-state index contributed by atoms with van der Waals surface area (Å²) in [6, 6.07) is 15.1. The largest absolute Gasteiger partial charge is 0.493 e. The summed E-state index contributed by atoms with van der Waals surface area (Å²) in [5.74, 6) is 1.10. The molecule has 5 heteroatoms. The molecule has 2 aromatic rings. The Balaban J connectivity index is 1.99. The van der Waals surface area contributed by atoms with E-state index in [4.69, 9.17) is 9.47 Å². The Morgan fingerprint density at radius 2 is 1.62 bits per heavy atom. The fraction of sp³-hybridized carbons (Fsp3) is 0.316. The number of anilines is 1. The van der Waals surface area contributed by atoms with Crippen molar-refractivity contribution in [3.63, 3.8) is 0 Å². The molecule has 5 nitrogen and oxygen atoms in total. The molecule has 2 aromatic carbocycles. The van der Waals surface area contributed by atoms with Crippen LogP contribution >= 0.6 is 0 Å². The maximum atomic E-state index is 12.4. The van der Waals surface area contributed by atoms with Crippen LogP contribution in [0.15, 0.2) is 48.5 Å². The highest BCUT2D eigenvalue weighted by Gasteiger charge is 2.17. The number of hydrogen-bond donors (Lipinski definition) is 2. The van der Waals surface area contributed by atoms with Crippen molar-refractivity contribution in [3.8, 4) is 11.5 Å². The molecule has 24 heavy (non-hydrogen) atoms. The van der Waals surface area contributed by atoms with E-state index >= 15 is 0 Å². The number of methoxy groups -OCH3 is 2. The van der Waals surface area contributed by atoms with Gasteiger partial charge in [-0.3, -0.25) is 10.1 Å². The van der Waals surface area contributed by atoms with Crippen LogP contribution < -0.4 is 20.1 Å². The van der Waals surface area contributed by atoms with E-state index in [9.17, 15) is 4.79 Å². The van der Waals surface area contributed by atoms with Crippen molar-refractivity contribution in [1.29, 1.82) is 0 Å². The van der Waals surface area contributed by atoms with E-state index in [0.29, 0.717) is 17.2 Å². The second-order valence-electron chi connectivity index (χ2n) is 5.58. The van der Waals surface area contributed by atoms with E-state index in [1.807, 2.05) is 44.2 Å². The number of hydrogen-bond acceptors (Lipinski definition) is 4. The van der Waals surface area contributed by atoms with Crippen molar-refractivity contribution in [2.45, 2.75) is 25.9 Å². The van der Waals surface area contributed by atoms with Crippen molar-refractivity contribution in [2.24, 2.45) is 0 Å². The predicted molar refractivity (Wildman–Crippen MR) is 95.6 cm³/mol. The molecule has 128 valence electrons. The zero-order chi connectivity index (χ0) is 17.5. The van der Waals surface area contributed by atoms with E-state index in [-0.39, 0.29) is 18.0 Å². The SMILES string of the molecule is COc1ccc(NC(=O)[C@@H](C)N[C@H](C)c2ccccc2)cc1OC. The summed E-state index contributed by atoms with van der Waals surface area (Å²) in [6.07, 6.45) is 0. The molecule has 0 aliphatic heterocycles. The highest BCUT2D eigenvalue weighted by molar-refractivity contribution is 5.94. The normalized spacial score (nSPS) is 13.0. The molecule has 0 radical (unpaired) electrons. The molecular formula is C19H24N2O3. The molecule has 2 N–H and O–H groups in total. The fourth-order valence-corrected chi connectivity index (χ4v) is 2.45. The average Bonchev–Trinajstić information content (AvgIpc) is 2.62. The molecule has 0 saturated carbocycles. The Bertz CT molecular complexity index is 674. The first-order chi connectivity index (χ1) is 11.5. The van der Waals surface area contributed by atoms with Gasteiger partial charge >= 0.3 is 0 Å². The molecule has 2 atom stereocenters. The fourth-order valence-electron chi connectivity index (χ4n) is 2.45. The van der Waals surface area contributed by atoms with Crippen molar-refractivity contribution in [2.75, 3.05) is 19.5 Å². The van der Waals surface area contributed by atoms with E-state index in [1.54, 1.807) is 32.4 Å². The van der Waals surface area contributed by atoms with E-state index < -0.39 is 0 Å². The van der Waals surface area contributed by atoms with Crippen molar-refractivity contribution in [1.82, 2.24) is 5.32 Å². The Kier molecular flexibility index (Phi) is 6.21. The van der Waals surface area contributed by atoms with E-state index in [0.717, 1.165) is 5.56 Å². The maximum absolute atomic E-state index is 12.4. The van der Waals surface area contributed by atoms with Crippen LogP contribution in [0.3, 0.4) is 0 Å². The monoisotopic (exact) mass is 328 g/mol. The summed E-state index contributed by atoms with van der Waals surface area (Å²) >= 11 is 0. The highest BCUT2D eigenvalue weighted by atomic mass is 16.5. The lowest BCUT2D eigenvalue weighted by Gasteiger charge is -2.20. The van der Waals surface area contributed by atoms with Gasteiger partial charge in [0, 0.05) is 17.8 Å². The molecule has 2 rings (SSSR count). The minimum atomic E-state index is -0.340. The molecule has 0 heterocycles. The van der Waals surface area contributed by atoms with Crippen LogP contribution in [-0.4, -0.2) is 26.2 Å². The summed E-state index contributed by atoms with van der Waals surface area (Å²) in [4.78, 5) is 12.4. The van der Waals surface area contributed by atoms with Crippen LogP contribution in [0.1, 0.15) is 25.5 Å². The number of ether oxygens (including phenoxy) is 2. The first-order valence-electron chi connectivity index (χ1n) is 7.89. The van der Waals surface area contributed by atoms with Crippen LogP contribution in [0.25, 0.3) is 0 Å². The van der Waals surface area contributed by atoms with Gasteiger partial charge in [-0.05, 0) is 31.5 Å². The van der Waals surface area contributed by atoms with Crippen LogP contribution in [0, 0.1) is 0 Å². The van der Waals surface area contributed by atoms with Gasteiger partial charge in [-0.2, -0.15) is 0 Å². The smallest absolute Gasteiger partial charge is 0.241 e. The molecule has 0 aromatic heterocycles. The van der Waals surface area contributed by atoms with Crippen molar-refractivity contribution >= 4 is 11.6 Å². The van der Waals surface area contributed by atoms with Gasteiger partial charge in [0.15, 0.2) is 11.5 Å². The van der Waals surface area contributed by atoms with E-state index in [1.165, 1.54) is 0 Å². The van der Waals surface area contributed by atoms with Gasteiger partial charge in [0.2, 0.25) is 5.91 Å². The lowest BCUT2D eigenvalue weighted by Crippen LogP contribution is -2.39. The molecule has 1 amide bonds. The number of carbonyl (C=O) groups is 1.